The van der Waals surface area contributed by atoms with Crippen LogP contribution in [0.15, 0.2) is 53.4 Å². The molecule has 0 unspecified atom stereocenters. The predicted octanol–water partition coefficient (Wildman–Crippen LogP) is 3.88. The zero-order valence-corrected chi connectivity index (χ0v) is 13.7. The van der Waals surface area contributed by atoms with Crippen molar-refractivity contribution in [3.63, 3.8) is 0 Å². The van der Waals surface area contributed by atoms with Gasteiger partial charge in [0, 0.05) is 49.1 Å². The number of benzene rings is 2. The highest BCUT2D eigenvalue weighted by Crippen LogP contribution is 2.22. The fourth-order valence-electron chi connectivity index (χ4n) is 2.73. The van der Waals surface area contributed by atoms with Gasteiger partial charge in [-0.25, -0.2) is 8.78 Å². The highest BCUT2D eigenvalue weighted by Gasteiger charge is 2.17. The van der Waals surface area contributed by atoms with Crippen LogP contribution in [0.1, 0.15) is 0 Å². The second-order valence-electron chi connectivity index (χ2n) is 5.58. The Labute approximate surface area is 140 Å². The SMILES string of the molecule is Fc1ccc(N2CCN(CCSc3ccccc3F)CC2)cc1. The average molecular weight is 334 g/mol. The number of halogens is 2. The molecule has 0 aliphatic carbocycles. The molecule has 5 heteroatoms. The van der Waals surface area contributed by atoms with Gasteiger partial charge in [0.2, 0.25) is 0 Å². The molecule has 2 aromatic carbocycles. The first-order chi connectivity index (χ1) is 11.2. The lowest BCUT2D eigenvalue weighted by Gasteiger charge is -2.36. The number of hydrogen-bond acceptors (Lipinski definition) is 3. The van der Waals surface area contributed by atoms with Crippen molar-refractivity contribution in [1.82, 2.24) is 4.90 Å². The van der Waals surface area contributed by atoms with Crippen LogP contribution >= 0.6 is 11.8 Å². The van der Waals surface area contributed by atoms with E-state index in [1.165, 1.54) is 18.2 Å². The average Bonchev–Trinajstić information content (AvgIpc) is 2.58. The van der Waals surface area contributed by atoms with Gasteiger partial charge in [-0.3, -0.25) is 4.90 Å². The number of rotatable bonds is 5. The fraction of sp³-hybridized carbons (Fsp3) is 0.333. The van der Waals surface area contributed by atoms with Gasteiger partial charge in [0.15, 0.2) is 0 Å². The van der Waals surface area contributed by atoms with Crippen molar-refractivity contribution < 1.29 is 8.78 Å². The molecule has 0 radical (unpaired) electrons. The standard InChI is InChI=1S/C18H20F2N2S/c19-15-5-7-16(8-6-15)22-11-9-21(10-12-22)13-14-23-18-4-2-1-3-17(18)20/h1-8H,9-14H2. The Balaban J connectivity index is 1.43. The van der Waals surface area contributed by atoms with E-state index in [-0.39, 0.29) is 11.6 Å². The van der Waals surface area contributed by atoms with Crippen molar-refractivity contribution in [3.8, 4) is 0 Å². The number of nitrogens with zero attached hydrogens (tertiary/aromatic N) is 2. The molecule has 2 aromatic rings. The largest absolute Gasteiger partial charge is 0.369 e. The summed E-state index contributed by atoms with van der Waals surface area (Å²) in [4.78, 5) is 5.39. The van der Waals surface area contributed by atoms with Crippen molar-refractivity contribution in [2.24, 2.45) is 0 Å². The van der Waals surface area contributed by atoms with E-state index in [1.54, 1.807) is 17.8 Å². The third-order valence-electron chi connectivity index (χ3n) is 4.07. The lowest BCUT2D eigenvalue weighted by Crippen LogP contribution is -2.47. The van der Waals surface area contributed by atoms with Crippen molar-refractivity contribution in [3.05, 3.63) is 60.2 Å². The molecule has 3 rings (SSSR count). The van der Waals surface area contributed by atoms with Gasteiger partial charge in [-0.15, -0.1) is 11.8 Å². The summed E-state index contributed by atoms with van der Waals surface area (Å²) in [5.74, 6) is 0.550. The molecule has 0 saturated carbocycles. The lowest BCUT2D eigenvalue weighted by molar-refractivity contribution is 0.273. The zero-order chi connectivity index (χ0) is 16.1. The predicted molar refractivity (Wildman–Crippen MR) is 92.2 cm³/mol. The smallest absolute Gasteiger partial charge is 0.136 e. The molecule has 122 valence electrons. The van der Waals surface area contributed by atoms with E-state index in [1.807, 2.05) is 24.3 Å². The fourth-order valence-corrected chi connectivity index (χ4v) is 3.68. The Kier molecular flexibility index (Phi) is 5.51. The van der Waals surface area contributed by atoms with Gasteiger partial charge in [0.25, 0.3) is 0 Å². The van der Waals surface area contributed by atoms with Crippen LogP contribution in [-0.4, -0.2) is 43.4 Å². The van der Waals surface area contributed by atoms with E-state index in [0.717, 1.165) is 49.1 Å². The topological polar surface area (TPSA) is 6.48 Å². The maximum atomic E-state index is 13.6. The number of anilines is 1. The van der Waals surface area contributed by atoms with Gasteiger partial charge < -0.3 is 4.90 Å². The summed E-state index contributed by atoms with van der Waals surface area (Å²) < 4.78 is 26.5. The number of thioether (sulfide) groups is 1. The molecule has 1 heterocycles. The monoisotopic (exact) mass is 334 g/mol. The van der Waals surface area contributed by atoms with E-state index < -0.39 is 0 Å². The van der Waals surface area contributed by atoms with Gasteiger partial charge in [-0.05, 0) is 36.4 Å². The molecule has 23 heavy (non-hydrogen) atoms. The van der Waals surface area contributed by atoms with Crippen molar-refractivity contribution >= 4 is 17.4 Å². The van der Waals surface area contributed by atoms with Gasteiger partial charge in [0.05, 0.1) is 0 Å². The van der Waals surface area contributed by atoms with Gasteiger partial charge in [-0.2, -0.15) is 0 Å². The molecule has 1 aliphatic heterocycles. The van der Waals surface area contributed by atoms with Crippen LogP contribution in [0.3, 0.4) is 0 Å². The van der Waals surface area contributed by atoms with E-state index in [0.29, 0.717) is 0 Å². The van der Waals surface area contributed by atoms with Crippen LogP contribution in [0.4, 0.5) is 14.5 Å². The first-order valence-electron chi connectivity index (χ1n) is 7.82. The van der Waals surface area contributed by atoms with Gasteiger partial charge >= 0.3 is 0 Å². The highest BCUT2D eigenvalue weighted by molar-refractivity contribution is 7.99. The Morgan fingerprint density at radius 2 is 1.57 bits per heavy atom. The molecule has 0 atom stereocenters. The quantitative estimate of drug-likeness (QED) is 0.766. The molecule has 0 spiro atoms. The van der Waals surface area contributed by atoms with E-state index in [2.05, 4.69) is 9.80 Å². The van der Waals surface area contributed by atoms with Crippen molar-refractivity contribution in [2.45, 2.75) is 4.90 Å². The van der Waals surface area contributed by atoms with Crippen LogP contribution in [-0.2, 0) is 0 Å². The van der Waals surface area contributed by atoms with Crippen LogP contribution in [0, 0.1) is 11.6 Å². The van der Waals surface area contributed by atoms with E-state index >= 15 is 0 Å². The molecule has 1 fully saturated rings. The Morgan fingerprint density at radius 1 is 0.870 bits per heavy atom. The summed E-state index contributed by atoms with van der Waals surface area (Å²) in [6, 6.07) is 13.6. The summed E-state index contributed by atoms with van der Waals surface area (Å²) >= 11 is 1.57. The summed E-state index contributed by atoms with van der Waals surface area (Å²) in [7, 11) is 0. The number of hydrogen-bond donors (Lipinski definition) is 0. The maximum absolute atomic E-state index is 13.6. The van der Waals surface area contributed by atoms with Crippen molar-refractivity contribution in [1.29, 1.82) is 0 Å². The maximum Gasteiger partial charge on any atom is 0.136 e. The molecule has 1 aliphatic rings. The van der Waals surface area contributed by atoms with Crippen LogP contribution in [0.5, 0.6) is 0 Å². The summed E-state index contributed by atoms with van der Waals surface area (Å²) in [5, 5.41) is 0. The van der Waals surface area contributed by atoms with Crippen LogP contribution in [0.25, 0.3) is 0 Å². The second-order valence-corrected chi connectivity index (χ2v) is 6.72. The molecule has 1 saturated heterocycles. The highest BCUT2D eigenvalue weighted by atomic mass is 32.2. The minimum absolute atomic E-state index is 0.140. The minimum Gasteiger partial charge on any atom is -0.369 e. The van der Waals surface area contributed by atoms with E-state index in [9.17, 15) is 8.78 Å². The van der Waals surface area contributed by atoms with Gasteiger partial charge in [-0.1, -0.05) is 12.1 Å². The molecule has 0 amide bonds. The van der Waals surface area contributed by atoms with Crippen LogP contribution in [0.2, 0.25) is 0 Å². The number of piperazine rings is 1. The molecule has 0 N–H and O–H groups in total. The van der Waals surface area contributed by atoms with Crippen molar-refractivity contribution in [2.75, 3.05) is 43.4 Å². The summed E-state index contributed by atoms with van der Waals surface area (Å²) in [5.41, 5.74) is 1.08. The zero-order valence-electron chi connectivity index (χ0n) is 12.9. The van der Waals surface area contributed by atoms with E-state index in [4.69, 9.17) is 0 Å². The Bertz CT molecular complexity index is 625. The third kappa shape index (κ3) is 4.45. The lowest BCUT2D eigenvalue weighted by atomic mass is 10.2. The Morgan fingerprint density at radius 3 is 2.26 bits per heavy atom. The third-order valence-corrected chi connectivity index (χ3v) is 5.09. The van der Waals surface area contributed by atoms with Gasteiger partial charge in [0.1, 0.15) is 11.6 Å². The normalized spacial score (nSPS) is 15.8. The molecule has 0 aromatic heterocycles. The molecule has 0 bridgehead atoms. The summed E-state index contributed by atoms with van der Waals surface area (Å²) in [6.45, 7) is 4.80. The second kappa shape index (κ2) is 7.79. The molecular formula is C18H20F2N2S. The molecule has 2 nitrogen and oxygen atoms in total. The van der Waals surface area contributed by atoms with Crippen LogP contribution < -0.4 is 4.90 Å². The summed E-state index contributed by atoms with van der Waals surface area (Å²) in [6.07, 6.45) is 0. The Hall–Kier alpha value is -1.59. The molecular weight excluding hydrogens is 314 g/mol. The first kappa shape index (κ1) is 16.3. The first-order valence-corrected chi connectivity index (χ1v) is 8.81. The minimum atomic E-state index is -0.197.